The van der Waals surface area contributed by atoms with E-state index in [1.807, 2.05) is 0 Å². The summed E-state index contributed by atoms with van der Waals surface area (Å²) in [6.07, 6.45) is 1.83. The molecule has 106 valence electrons. The lowest BCUT2D eigenvalue weighted by atomic mass is 10.1. The number of halogens is 2. The standard InChI is InChI=1S/C12H15Br2NO3S/c13-10-1-2-12(11(14)7-10)19(16,17)15-5-3-9-4-6-18-8-9/h1-2,7,9,15H,3-6,8H2. The van der Waals surface area contributed by atoms with Gasteiger partial charge in [0.05, 0.1) is 4.90 Å². The van der Waals surface area contributed by atoms with E-state index >= 15 is 0 Å². The van der Waals surface area contributed by atoms with Gasteiger partial charge in [-0.25, -0.2) is 13.1 Å². The number of hydrogen-bond donors (Lipinski definition) is 1. The highest BCUT2D eigenvalue weighted by Gasteiger charge is 2.19. The Morgan fingerprint density at radius 1 is 1.37 bits per heavy atom. The summed E-state index contributed by atoms with van der Waals surface area (Å²) in [5, 5.41) is 0. The van der Waals surface area contributed by atoms with Crippen LogP contribution in [0.15, 0.2) is 32.0 Å². The van der Waals surface area contributed by atoms with Crippen LogP contribution in [0.5, 0.6) is 0 Å². The summed E-state index contributed by atoms with van der Waals surface area (Å²) in [7, 11) is -3.46. The van der Waals surface area contributed by atoms with Crippen LogP contribution >= 0.6 is 31.9 Å². The molecule has 1 heterocycles. The molecular weight excluding hydrogens is 398 g/mol. The normalized spacial score (nSPS) is 19.8. The number of sulfonamides is 1. The fourth-order valence-electron chi connectivity index (χ4n) is 1.98. The molecule has 19 heavy (non-hydrogen) atoms. The van der Waals surface area contributed by atoms with E-state index < -0.39 is 10.0 Å². The average molecular weight is 413 g/mol. The Bertz CT molecular complexity index is 542. The molecule has 1 aromatic carbocycles. The Kier molecular flexibility index (Phi) is 5.42. The smallest absolute Gasteiger partial charge is 0.241 e. The number of nitrogens with one attached hydrogen (secondary N) is 1. The largest absolute Gasteiger partial charge is 0.381 e. The van der Waals surface area contributed by atoms with Gasteiger partial charge in [-0.3, -0.25) is 0 Å². The second kappa shape index (κ2) is 6.67. The van der Waals surface area contributed by atoms with Crippen molar-refractivity contribution in [1.82, 2.24) is 4.72 Å². The lowest BCUT2D eigenvalue weighted by molar-refractivity contribution is 0.184. The maximum atomic E-state index is 12.2. The molecule has 0 spiro atoms. The molecule has 1 fully saturated rings. The third-order valence-electron chi connectivity index (χ3n) is 3.05. The summed E-state index contributed by atoms with van der Waals surface area (Å²) in [5.74, 6) is 0.469. The molecule has 1 aromatic rings. The maximum Gasteiger partial charge on any atom is 0.241 e. The van der Waals surface area contributed by atoms with Crippen LogP contribution in [0.4, 0.5) is 0 Å². The highest BCUT2D eigenvalue weighted by atomic mass is 79.9. The molecule has 1 N–H and O–H groups in total. The predicted octanol–water partition coefficient (Wildman–Crippen LogP) is 2.92. The minimum absolute atomic E-state index is 0.262. The van der Waals surface area contributed by atoms with Gasteiger partial charge in [0.1, 0.15) is 0 Å². The van der Waals surface area contributed by atoms with Gasteiger partial charge in [0.25, 0.3) is 0 Å². The number of hydrogen-bond acceptors (Lipinski definition) is 3. The van der Waals surface area contributed by atoms with Crippen molar-refractivity contribution in [2.75, 3.05) is 19.8 Å². The van der Waals surface area contributed by atoms with Crippen LogP contribution in [-0.4, -0.2) is 28.2 Å². The summed E-state index contributed by atoms with van der Waals surface area (Å²) in [4.78, 5) is 0.262. The molecule has 0 amide bonds. The molecule has 0 aliphatic carbocycles. The van der Waals surface area contributed by atoms with E-state index in [4.69, 9.17) is 4.74 Å². The molecule has 0 saturated carbocycles. The van der Waals surface area contributed by atoms with Gasteiger partial charge in [-0.2, -0.15) is 0 Å². The molecule has 4 nitrogen and oxygen atoms in total. The summed E-state index contributed by atoms with van der Waals surface area (Å²) in [6.45, 7) is 1.97. The molecule has 2 rings (SSSR count). The van der Waals surface area contributed by atoms with Gasteiger partial charge in [0.2, 0.25) is 10.0 Å². The summed E-state index contributed by atoms with van der Waals surface area (Å²) < 4.78 is 33.6. The van der Waals surface area contributed by atoms with E-state index in [1.165, 1.54) is 0 Å². The van der Waals surface area contributed by atoms with Gasteiger partial charge in [0, 0.05) is 28.7 Å². The molecule has 1 unspecified atom stereocenters. The van der Waals surface area contributed by atoms with Crippen molar-refractivity contribution in [1.29, 1.82) is 0 Å². The first-order chi connectivity index (χ1) is 8.99. The second-order valence-electron chi connectivity index (χ2n) is 4.49. The topological polar surface area (TPSA) is 55.4 Å². The first-order valence-electron chi connectivity index (χ1n) is 6.01. The van der Waals surface area contributed by atoms with Crippen LogP contribution in [0.25, 0.3) is 0 Å². The van der Waals surface area contributed by atoms with Gasteiger partial charge in [0.15, 0.2) is 0 Å². The fraction of sp³-hybridized carbons (Fsp3) is 0.500. The number of rotatable bonds is 5. The molecule has 1 aliphatic rings. The predicted molar refractivity (Wildman–Crippen MR) is 80.6 cm³/mol. The number of benzene rings is 1. The van der Waals surface area contributed by atoms with Crippen LogP contribution < -0.4 is 4.72 Å². The third kappa shape index (κ3) is 4.26. The molecule has 7 heteroatoms. The van der Waals surface area contributed by atoms with Gasteiger partial charge >= 0.3 is 0 Å². The SMILES string of the molecule is O=S(=O)(NCCC1CCOC1)c1ccc(Br)cc1Br. The fourth-order valence-corrected chi connectivity index (χ4v) is 4.77. The van der Waals surface area contributed by atoms with Gasteiger partial charge in [-0.05, 0) is 52.9 Å². The van der Waals surface area contributed by atoms with Crippen LogP contribution in [0.3, 0.4) is 0 Å². The maximum absolute atomic E-state index is 12.2. The Morgan fingerprint density at radius 3 is 2.79 bits per heavy atom. The third-order valence-corrected chi connectivity index (χ3v) is 5.98. The first kappa shape index (κ1) is 15.4. The monoisotopic (exact) mass is 411 g/mol. The van der Waals surface area contributed by atoms with Crippen molar-refractivity contribution in [3.05, 3.63) is 27.1 Å². The van der Waals surface area contributed by atoms with Crippen LogP contribution in [0.1, 0.15) is 12.8 Å². The molecule has 1 atom stereocenters. The number of ether oxygens (including phenoxy) is 1. The lowest BCUT2D eigenvalue weighted by Gasteiger charge is -2.11. The molecular formula is C12H15Br2NO3S. The van der Waals surface area contributed by atoms with Gasteiger partial charge in [-0.1, -0.05) is 15.9 Å². The van der Waals surface area contributed by atoms with Crippen molar-refractivity contribution in [3.63, 3.8) is 0 Å². The highest BCUT2D eigenvalue weighted by molar-refractivity contribution is 9.11. The Hall–Kier alpha value is 0.0500. The summed E-state index contributed by atoms with van der Waals surface area (Å²) in [6, 6.07) is 5.01. The zero-order chi connectivity index (χ0) is 13.9. The van der Waals surface area contributed by atoms with E-state index in [-0.39, 0.29) is 4.90 Å². The van der Waals surface area contributed by atoms with E-state index in [1.54, 1.807) is 18.2 Å². The van der Waals surface area contributed by atoms with E-state index in [0.29, 0.717) is 16.9 Å². The molecule has 0 aromatic heterocycles. The Labute approximate surface area is 130 Å². The molecule has 0 bridgehead atoms. The van der Waals surface area contributed by atoms with Crippen LogP contribution in [-0.2, 0) is 14.8 Å². The van der Waals surface area contributed by atoms with Gasteiger partial charge < -0.3 is 4.74 Å². The average Bonchev–Trinajstić information content (AvgIpc) is 2.81. The van der Waals surface area contributed by atoms with Crippen molar-refractivity contribution in [2.45, 2.75) is 17.7 Å². The van der Waals surface area contributed by atoms with E-state index in [0.717, 1.165) is 30.5 Å². The minimum Gasteiger partial charge on any atom is -0.381 e. The van der Waals surface area contributed by atoms with E-state index in [2.05, 4.69) is 36.6 Å². The Balaban J connectivity index is 1.97. The van der Waals surface area contributed by atoms with Crippen LogP contribution in [0.2, 0.25) is 0 Å². The van der Waals surface area contributed by atoms with Crippen LogP contribution in [0, 0.1) is 5.92 Å². The minimum atomic E-state index is -3.46. The summed E-state index contributed by atoms with van der Waals surface area (Å²) in [5.41, 5.74) is 0. The second-order valence-corrected chi connectivity index (χ2v) is 8.00. The van der Waals surface area contributed by atoms with Crippen molar-refractivity contribution >= 4 is 41.9 Å². The molecule has 0 radical (unpaired) electrons. The van der Waals surface area contributed by atoms with E-state index in [9.17, 15) is 8.42 Å². The highest BCUT2D eigenvalue weighted by Crippen LogP contribution is 2.25. The molecule has 1 saturated heterocycles. The van der Waals surface area contributed by atoms with Gasteiger partial charge in [-0.15, -0.1) is 0 Å². The molecule has 1 aliphatic heterocycles. The summed E-state index contributed by atoms with van der Waals surface area (Å²) >= 11 is 6.57. The zero-order valence-electron chi connectivity index (χ0n) is 10.2. The van der Waals surface area contributed by atoms with Crippen molar-refractivity contribution < 1.29 is 13.2 Å². The Morgan fingerprint density at radius 2 is 2.16 bits per heavy atom. The van der Waals surface area contributed by atoms with Crippen molar-refractivity contribution in [2.24, 2.45) is 5.92 Å². The quantitative estimate of drug-likeness (QED) is 0.808. The lowest BCUT2D eigenvalue weighted by Crippen LogP contribution is -2.26. The zero-order valence-corrected chi connectivity index (χ0v) is 14.2. The first-order valence-corrected chi connectivity index (χ1v) is 9.08. The van der Waals surface area contributed by atoms with Crippen molar-refractivity contribution in [3.8, 4) is 0 Å².